The lowest BCUT2D eigenvalue weighted by Crippen LogP contribution is -2.43. The first-order valence-corrected chi connectivity index (χ1v) is 5.96. The Morgan fingerprint density at radius 1 is 0.944 bits per heavy atom. The highest BCUT2D eigenvalue weighted by Gasteiger charge is 2.25. The topological polar surface area (TPSA) is 29.5 Å². The van der Waals surface area contributed by atoms with Gasteiger partial charge in [0, 0.05) is 24.7 Å². The summed E-state index contributed by atoms with van der Waals surface area (Å²) in [6.07, 6.45) is 0.643. The van der Waals surface area contributed by atoms with E-state index < -0.39 is 0 Å². The lowest BCUT2D eigenvalue weighted by Gasteiger charge is -2.30. The van der Waals surface area contributed by atoms with Crippen LogP contribution in [0.1, 0.15) is 6.42 Å². The van der Waals surface area contributed by atoms with Crippen LogP contribution in [-0.2, 0) is 4.79 Å². The van der Waals surface area contributed by atoms with Crippen LogP contribution in [0.3, 0.4) is 0 Å². The van der Waals surface area contributed by atoms with Gasteiger partial charge in [0.25, 0.3) is 0 Å². The van der Waals surface area contributed by atoms with Crippen molar-refractivity contribution >= 4 is 11.6 Å². The molecule has 0 radical (unpaired) electrons. The number of carbonyl (C=O) groups is 1. The van der Waals surface area contributed by atoms with Crippen molar-refractivity contribution in [2.75, 3.05) is 11.4 Å². The van der Waals surface area contributed by atoms with Crippen molar-refractivity contribution in [3.05, 3.63) is 54.6 Å². The number of para-hydroxylation sites is 1. The van der Waals surface area contributed by atoms with Crippen LogP contribution in [0.5, 0.6) is 11.5 Å². The molecule has 1 aliphatic heterocycles. The van der Waals surface area contributed by atoms with Crippen LogP contribution in [-0.4, -0.2) is 12.5 Å². The van der Waals surface area contributed by atoms with Gasteiger partial charge in [-0.3, -0.25) is 4.79 Å². The molecule has 0 aliphatic carbocycles. The van der Waals surface area contributed by atoms with Crippen molar-refractivity contribution < 1.29 is 9.53 Å². The molecule has 0 spiro atoms. The lowest BCUT2D eigenvalue weighted by atomic mass is 10.1. The van der Waals surface area contributed by atoms with Crippen molar-refractivity contribution in [1.82, 2.24) is 0 Å². The number of hydrogen-bond donors (Lipinski definition) is 0. The van der Waals surface area contributed by atoms with Crippen LogP contribution in [0.25, 0.3) is 0 Å². The minimum Gasteiger partial charge on any atom is -0.457 e. The Kier molecular flexibility index (Phi) is 2.73. The summed E-state index contributed by atoms with van der Waals surface area (Å²) < 4.78 is 5.74. The van der Waals surface area contributed by atoms with Gasteiger partial charge in [0.1, 0.15) is 11.5 Å². The molecular formula is C15H13NO2. The summed E-state index contributed by atoms with van der Waals surface area (Å²) in [4.78, 5) is 13.1. The molecule has 1 fully saturated rings. The first kappa shape index (κ1) is 10.8. The van der Waals surface area contributed by atoms with Gasteiger partial charge in [-0.15, -0.1) is 0 Å². The number of benzene rings is 2. The van der Waals surface area contributed by atoms with Crippen LogP contribution >= 0.6 is 0 Å². The molecule has 1 heterocycles. The Labute approximate surface area is 106 Å². The molecule has 90 valence electrons. The highest BCUT2D eigenvalue weighted by atomic mass is 16.5. The Morgan fingerprint density at radius 3 is 2.39 bits per heavy atom. The van der Waals surface area contributed by atoms with E-state index in [-0.39, 0.29) is 5.91 Å². The standard InChI is InChI=1S/C15H13NO2/c17-15-9-10-16(15)12-5-4-8-14(11-12)18-13-6-2-1-3-7-13/h1-8,11H,9-10H2. The predicted octanol–water partition coefficient (Wildman–Crippen LogP) is 3.22. The van der Waals surface area contributed by atoms with E-state index in [9.17, 15) is 4.79 Å². The van der Waals surface area contributed by atoms with E-state index in [0.717, 1.165) is 23.7 Å². The van der Waals surface area contributed by atoms with Crippen molar-refractivity contribution in [3.8, 4) is 11.5 Å². The number of nitrogens with zero attached hydrogens (tertiary/aromatic N) is 1. The molecule has 1 aliphatic rings. The van der Waals surface area contributed by atoms with E-state index in [1.54, 1.807) is 4.90 Å². The van der Waals surface area contributed by atoms with Crippen LogP contribution in [0.4, 0.5) is 5.69 Å². The van der Waals surface area contributed by atoms with Gasteiger partial charge >= 0.3 is 0 Å². The maximum atomic E-state index is 11.4. The third-order valence-corrected chi connectivity index (χ3v) is 2.96. The van der Waals surface area contributed by atoms with E-state index in [2.05, 4.69) is 0 Å². The lowest BCUT2D eigenvalue weighted by molar-refractivity contribution is -0.122. The third kappa shape index (κ3) is 2.07. The van der Waals surface area contributed by atoms with Crippen LogP contribution in [0.2, 0.25) is 0 Å². The van der Waals surface area contributed by atoms with E-state index in [1.807, 2.05) is 54.6 Å². The molecule has 0 bridgehead atoms. The zero-order chi connectivity index (χ0) is 12.4. The molecule has 18 heavy (non-hydrogen) atoms. The minimum absolute atomic E-state index is 0.173. The van der Waals surface area contributed by atoms with Gasteiger partial charge in [-0.2, -0.15) is 0 Å². The van der Waals surface area contributed by atoms with Crippen LogP contribution < -0.4 is 9.64 Å². The first-order valence-electron chi connectivity index (χ1n) is 5.96. The Morgan fingerprint density at radius 2 is 1.72 bits per heavy atom. The average molecular weight is 239 g/mol. The molecule has 1 amide bonds. The maximum absolute atomic E-state index is 11.4. The zero-order valence-corrected chi connectivity index (χ0v) is 9.87. The Hall–Kier alpha value is -2.29. The van der Waals surface area contributed by atoms with Gasteiger partial charge in [0.15, 0.2) is 0 Å². The number of amides is 1. The van der Waals surface area contributed by atoms with Gasteiger partial charge in [0.2, 0.25) is 5.91 Å². The highest BCUT2D eigenvalue weighted by Crippen LogP contribution is 2.28. The van der Waals surface area contributed by atoms with E-state index in [4.69, 9.17) is 4.74 Å². The number of ether oxygens (including phenoxy) is 1. The van der Waals surface area contributed by atoms with E-state index in [0.29, 0.717) is 6.42 Å². The largest absolute Gasteiger partial charge is 0.457 e. The molecule has 2 aromatic carbocycles. The summed E-state index contributed by atoms with van der Waals surface area (Å²) >= 11 is 0. The molecule has 0 N–H and O–H groups in total. The van der Waals surface area contributed by atoms with Gasteiger partial charge in [-0.1, -0.05) is 24.3 Å². The predicted molar refractivity (Wildman–Crippen MR) is 69.9 cm³/mol. The second kappa shape index (κ2) is 4.53. The molecule has 0 unspecified atom stereocenters. The quantitative estimate of drug-likeness (QED) is 0.770. The molecule has 3 heteroatoms. The monoisotopic (exact) mass is 239 g/mol. The summed E-state index contributed by atoms with van der Waals surface area (Å²) in [6.45, 7) is 0.799. The first-order chi connectivity index (χ1) is 8.83. The van der Waals surface area contributed by atoms with Gasteiger partial charge < -0.3 is 9.64 Å². The number of anilines is 1. The molecule has 1 saturated heterocycles. The molecule has 0 saturated carbocycles. The fourth-order valence-electron chi connectivity index (χ4n) is 1.93. The number of carbonyl (C=O) groups excluding carboxylic acids is 1. The number of hydrogen-bond acceptors (Lipinski definition) is 2. The molecule has 3 nitrogen and oxygen atoms in total. The van der Waals surface area contributed by atoms with Crippen molar-refractivity contribution in [1.29, 1.82) is 0 Å². The van der Waals surface area contributed by atoms with Gasteiger partial charge in [0.05, 0.1) is 0 Å². The van der Waals surface area contributed by atoms with E-state index in [1.165, 1.54) is 0 Å². The maximum Gasteiger partial charge on any atom is 0.228 e. The zero-order valence-electron chi connectivity index (χ0n) is 9.87. The summed E-state index contributed by atoms with van der Waals surface area (Å²) in [5.74, 6) is 1.72. The number of rotatable bonds is 3. The average Bonchev–Trinajstić information content (AvgIpc) is 2.39. The van der Waals surface area contributed by atoms with Crippen molar-refractivity contribution in [2.24, 2.45) is 0 Å². The number of β-lactam (4-membered cyclic amide) rings is 1. The van der Waals surface area contributed by atoms with Crippen LogP contribution in [0, 0.1) is 0 Å². The summed E-state index contributed by atoms with van der Waals surface area (Å²) in [5.41, 5.74) is 0.902. The summed E-state index contributed by atoms with van der Waals surface area (Å²) in [6, 6.07) is 17.2. The fourth-order valence-corrected chi connectivity index (χ4v) is 1.93. The van der Waals surface area contributed by atoms with Gasteiger partial charge in [-0.25, -0.2) is 0 Å². The van der Waals surface area contributed by atoms with Crippen LogP contribution in [0.15, 0.2) is 54.6 Å². The molecule has 3 rings (SSSR count). The van der Waals surface area contributed by atoms with Crippen molar-refractivity contribution in [3.63, 3.8) is 0 Å². The SMILES string of the molecule is O=C1CCN1c1cccc(Oc2ccccc2)c1. The molecule has 0 atom stereocenters. The molecular weight excluding hydrogens is 226 g/mol. The summed E-state index contributed by atoms with van der Waals surface area (Å²) in [5, 5.41) is 0. The van der Waals surface area contributed by atoms with Crippen molar-refractivity contribution in [2.45, 2.75) is 6.42 Å². The van der Waals surface area contributed by atoms with Gasteiger partial charge in [-0.05, 0) is 24.3 Å². The molecule has 2 aromatic rings. The Balaban J connectivity index is 1.81. The normalized spacial score (nSPS) is 14.2. The third-order valence-electron chi connectivity index (χ3n) is 2.96. The summed E-state index contributed by atoms with van der Waals surface area (Å²) in [7, 11) is 0. The van der Waals surface area contributed by atoms with E-state index >= 15 is 0 Å². The second-order valence-electron chi connectivity index (χ2n) is 4.21. The Bertz CT molecular complexity index is 566. The minimum atomic E-state index is 0.173. The smallest absolute Gasteiger partial charge is 0.228 e. The highest BCUT2D eigenvalue weighted by molar-refractivity contribution is 5.99. The molecule has 0 aromatic heterocycles. The fraction of sp³-hybridized carbons (Fsp3) is 0.133. The second-order valence-corrected chi connectivity index (χ2v) is 4.21.